The van der Waals surface area contributed by atoms with Crippen LogP contribution in [0.4, 0.5) is 13.2 Å². The van der Waals surface area contributed by atoms with Crippen molar-refractivity contribution in [2.75, 3.05) is 0 Å². The molecule has 2 fully saturated rings. The third-order valence-corrected chi connectivity index (χ3v) is 7.21. The van der Waals surface area contributed by atoms with Crippen molar-refractivity contribution < 1.29 is 26.4 Å². The number of benzene rings is 1. The summed E-state index contributed by atoms with van der Waals surface area (Å²) in [6, 6.07) is 1.33. The number of carbonyl (C=O) groups is 1. The number of Topliss-reactive ketones (excluding diaryl/α,β-unsaturated/α-hetero) is 1. The summed E-state index contributed by atoms with van der Waals surface area (Å²) in [5, 5.41) is -1.24. The number of fused-ring (bicyclic) bond motifs is 2. The van der Waals surface area contributed by atoms with E-state index in [0.29, 0.717) is 25.0 Å². The molecule has 0 aromatic heterocycles. The number of hydrogen-bond acceptors (Lipinski definition) is 3. The van der Waals surface area contributed by atoms with Gasteiger partial charge in [-0.05, 0) is 37.8 Å². The lowest BCUT2D eigenvalue weighted by molar-refractivity contribution is 0.0895. The maximum atomic E-state index is 13.7. The molecule has 2 saturated heterocycles. The molecule has 0 spiro atoms. The van der Waals surface area contributed by atoms with Crippen LogP contribution < -0.4 is 0 Å². The smallest absolute Gasteiger partial charge is 0.172 e. The Hall–Kier alpha value is -1.37. The van der Waals surface area contributed by atoms with Crippen LogP contribution in [0.15, 0.2) is 12.1 Å². The summed E-state index contributed by atoms with van der Waals surface area (Å²) >= 11 is 0. The van der Waals surface area contributed by atoms with Crippen LogP contribution in [0.25, 0.3) is 0 Å². The van der Waals surface area contributed by atoms with E-state index in [-0.39, 0.29) is 12.8 Å². The predicted molar refractivity (Wildman–Crippen MR) is 69.1 cm³/mol. The molecule has 3 nitrogen and oxygen atoms in total. The molecule has 0 aliphatic carbocycles. The van der Waals surface area contributed by atoms with E-state index in [1.54, 1.807) is 0 Å². The number of carbonyl (C=O) groups excluding carboxylic acids is 1. The van der Waals surface area contributed by atoms with Crippen LogP contribution >= 0.6 is 0 Å². The molecule has 1 aromatic rings. The highest BCUT2D eigenvalue weighted by molar-refractivity contribution is 7.93. The predicted octanol–water partition coefficient (Wildman–Crippen LogP) is 2.64. The van der Waals surface area contributed by atoms with E-state index >= 15 is 0 Å². The largest absolute Gasteiger partial charge is 0.294 e. The third-order valence-electron chi connectivity index (χ3n) is 4.50. The highest BCUT2D eigenvalue weighted by atomic mass is 32.2. The standard InChI is InChI=1S/C14H13F3O3S/c15-10-3-4-11(16)13(17)12(10)14(18)7-5-8-1-2-9(6-7)21(8,19)20/h3-4,7-9H,1-2,5-6H2. The van der Waals surface area contributed by atoms with Crippen molar-refractivity contribution >= 4 is 15.6 Å². The van der Waals surface area contributed by atoms with Gasteiger partial charge in [0.05, 0.1) is 16.1 Å². The van der Waals surface area contributed by atoms with Crippen LogP contribution in [0, 0.1) is 23.4 Å². The van der Waals surface area contributed by atoms with Crippen molar-refractivity contribution in [3.8, 4) is 0 Å². The van der Waals surface area contributed by atoms with Gasteiger partial charge in [-0.15, -0.1) is 0 Å². The molecule has 2 aliphatic heterocycles. The van der Waals surface area contributed by atoms with E-state index in [2.05, 4.69) is 0 Å². The van der Waals surface area contributed by atoms with E-state index in [4.69, 9.17) is 0 Å². The third kappa shape index (κ3) is 2.18. The van der Waals surface area contributed by atoms with Gasteiger partial charge in [0, 0.05) is 5.92 Å². The maximum Gasteiger partial charge on any atom is 0.172 e. The SMILES string of the molecule is O=C(c1c(F)ccc(F)c1F)C1CC2CCC(C1)S2(=O)=O. The minimum absolute atomic E-state index is 0.0626. The molecule has 3 rings (SSSR count). The summed E-state index contributed by atoms with van der Waals surface area (Å²) < 4.78 is 64.4. The Labute approximate surface area is 120 Å². The molecule has 1 aromatic carbocycles. The van der Waals surface area contributed by atoms with Crippen molar-refractivity contribution in [3.63, 3.8) is 0 Å². The zero-order chi connectivity index (χ0) is 15.4. The molecule has 2 heterocycles. The Bertz CT molecular complexity index is 694. The molecule has 7 heteroatoms. The van der Waals surface area contributed by atoms with Crippen molar-refractivity contribution in [2.45, 2.75) is 36.2 Å². The van der Waals surface area contributed by atoms with Crippen LogP contribution in [-0.2, 0) is 9.84 Å². The number of halogens is 3. The number of hydrogen-bond donors (Lipinski definition) is 0. The zero-order valence-corrected chi connectivity index (χ0v) is 11.8. The Balaban J connectivity index is 1.94. The van der Waals surface area contributed by atoms with Gasteiger partial charge < -0.3 is 0 Å². The molecule has 2 atom stereocenters. The molecular weight excluding hydrogens is 305 g/mol. The second-order valence-electron chi connectivity index (χ2n) is 5.66. The van der Waals surface area contributed by atoms with Crippen LogP contribution in [0.1, 0.15) is 36.0 Å². The van der Waals surface area contributed by atoms with Gasteiger partial charge in [0.25, 0.3) is 0 Å². The van der Waals surface area contributed by atoms with E-state index in [0.717, 1.165) is 0 Å². The van der Waals surface area contributed by atoms with E-state index in [9.17, 15) is 26.4 Å². The Morgan fingerprint density at radius 1 is 1.00 bits per heavy atom. The molecule has 21 heavy (non-hydrogen) atoms. The molecule has 2 aliphatic rings. The Kier molecular flexibility index (Phi) is 3.35. The molecule has 2 bridgehead atoms. The van der Waals surface area contributed by atoms with Gasteiger partial charge in [0.15, 0.2) is 27.3 Å². The topological polar surface area (TPSA) is 51.2 Å². The van der Waals surface area contributed by atoms with Crippen LogP contribution in [0.5, 0.6) is 0 Å². The first-order valence-electron chi connectivity index (χ1n) is 6.72. The zero-order valence-electron chi connectivity index (χ0n) is 11.0. The summed E-state index contributed by atoms with van der Waals surface area (Å²) in [6.07, 6.45) is 1.08. The maximum absolute atomic E-state index is 13.7. The minimum atomic E-state index is -3.22. The van der Waals surface area contributed by atoms with Gasteiger partial charge in [0.1, 0.15) is 5.82 Å². The van der Waals surface area contributed by atoms with Crippen LogP contribution in [0.3, 0.4) is 0 Å². The number of sulfone groups is 1. The van der Waals surface area contributed by atoms with E-state index in [1.165, 1.54) is 0 Å². The Morgan fingerprint density at radius 3 is 2.10 bits per heavy atom. The molecule has 0 amide bonds. The fourth-order valence-corrected chi connectivity index (χ4v) is 5.85. The second kappa shape index (κ2) is 4.83. The minimum Gasteiger partial charge on any atom is -0.294 e. The second-order valence-corrected chi connectivity index (χ2v) is 8.17. The Morgan fingerprint density at radius 2 is 1.52 bits per heavy atom. The van der Waals surface area contributed by atoms with E-state index in [1.807, 2.05) is 0 Å². The van der Waals surface area contributed by atoms with Gasteiger partial charge in [-0.2, -0.15) is 0 Å². The first kappa shape index (κ1) is 14.6. The lowest BCUT2D eigenvalue weighted by atomic mass is 9.90. The lowest BCUT2D eigenvalue weighted by Gasteiger charge is -2.27. The first-order valence-corrected chi connectivity index (χ1v) is 8.33. The highest BCUT2D eigenvalue weighted by Crippen LogP contribution is 2.42. The normalized spacial score (nSPS) is 30.3. The van der Waals surface area contributed by atoms with Crippen molar-refractivity contribution in [2.24, 2.45) is 5.92 Å². The summed E-state index contributed by atoms with van der Waals surface area (Å²) in [7, 11) is -3.22. The monoisotopic (exact) mass is 318 g/mol. The van der Waals surface area contributed by atoms with Crippen LogP contribution in [0.2, 0.25) is 0 Å². The average Bonchev–Trinajstić information content (AvgIpc) is 2.63. The molecule has 0 radical (unpaired) electrons. The molecule has 0 N–H and O–H groups in total. The fraction of sp³-hybridized carbons (Fsp3) is 0.500. The van der Waals surface area contributed by atoms with Crippen molar-refractivity contribution in [1.82, 2.24) is 0 Å². The van der Waals surface area contributed by atoms with Gasteiger partial charge in [-0.1, -0.05) is 0 Å². The quantitative estimate of drug-likeness (QED) is 0.622. The fourth-order valence-electron chi connectivity index (χ4n) is 3.38. The summed E-state index contributed by atoms with van der Waals surface area (Å²) in [5.41, 5.74) is -0.890. The van der Waals surface area contributed by atoms with Gasteiger partial charge >= 0.3 is 0 Å². The van der Waals surface area contributed by atoms with Crippen LogP contribution in [-0.4, -0.2) is 24.7 Å². The lowest BCUT2D eigenvalue weighted by Crippen LogP contribution is -2.36. The highest BCUT2D eigenvalue weighted by Gasteiger charge is 2.49. The summed E-state index contributed by atoms with van der Waals surface area (Å²) in [4.78, 5) is 12.3. The number of ketones is 1. The van der Waals surface area contributed by atoms with Gasteiger partial charge in [-0.3, -0.25) is 4.79 Å². The number of rotatable bonds is 2. The van der Waals surface area contributed by atoms with Gasteiger partial charge in [0.2, 0.25) is 0 Å². The molecule has 114 valence electrons. The van der Waals surface area contributed by atoms with E-state index < -0.39 is 55.1 Å². The molecule has 2 unspecified atom stereocenters. The summed E-state index contributed by atoms with van der Waals surface area (Å²) in [5.74, 6) is -5.50. The average molecular weight is 318 g/mol. The molecular formula is C14H13F3O3S. The van der Waals surface area contributed by atoms with Crippen molar-refractivity contribution in [3.05, 3.63) is 35.1 Å². The van der Waals surface area contributed by atoms with Gasteiger partial charge in [-0.25, -0.2) is 21.6 Å². The summed E-state index contributed by atoms with van der Waals surface area (Å²) in [6.45, 7) is 0. The first-order chi connectivity index (χ1) is 9.82. The van der Waals surface area contributed by atoms with Crippen molar-refractivity contribution in [1.29, 1.82) is 0 Å². The molecule has 0 saturated carbocycles.